The third-order valence-corrected chi connectivity index (χ3v) is 2.22. The second-order valence-electron chi connectivity index (χ2n) is 3.44. The van der Waals surface area contributed by atoms with Crippen molar-refractivity contribution in [2.45, 2.75) is 18.8 Å². The number of nitrogens with one attached hydrogen (secondary N) is 2. The summed E-state index contributed by atoms with van der Waals surface area (Å²) < 4.78 is 42.2. The lowest BCUT2D eigenvalue weighted by atomic mass is 10.3. The van der Waals surface area contributed by atoms with E-state index in [9.17, 15) is 18.0 Å². The van der Waals surface area contributed by atoms with E-state index in [-0.39, 0.29) is 24.4 Å². The molecule has 0 spiro atoms. The number of aromatic nitrogens is 1. The molecule has 2 N–H and O–H groups in total. The Hall–Kier alpha value is -1.50. The molecule has 1 aromatic rings. The second kappa shape index (κ2) is 3.82. The van der Waals surface area contributed by atoms with Crippen LogP contribution in [-0.4, -0.2) is 23.8 Å². The molecule has 0 aliphatic carbocycles. The zero-order chi connectivity index (χ0) is 11.8. The highest BCUT2D eigenvalue weighted by atomic mass is 19.4. The van der Waals surface area contributed by atoms with E-state index in [0.29, 0.717) is 5.69 Å². The summed E-state index contributed by atoms with van der Waals surface area (Å²) in [7, 11) is 0. The van der Waals surface area contributed by atoms with Crippen molar-refractivity contribution in [3.63, 3.8) is 0 Å². The molecule has 1 aromatic heterocycles. The summed E-state index contributed by atoms with van der Waals surface area (Å²) in [5.41, 5.74) is -0.0335. The molecule has 88 valence electrons. The van der Waals surface area contributed by atoms with Gasteiger partial charge in [-0.05, 0) is 6.07 Å². The Morgan fingerprint density at radius 2 is 2.12 bits per heavy atom. The maximum absolute atomic E-state index is 12.5. The molecular weight excluding hydrogens is 225 g/mol. The summed E-state index contributed by atoms with van der Waals surface area (Å²) in [6.45, 7) is -0.182. The van der Waals surface area contributed by atoms with Crippen LogP contribution in [-0.2, 0) is 6.54 Å². The Bertz CT molecular complexity index is 441. The fraction of sp³-hybridized carbons (Fsp3) is 0.444. The number of fused-ring (bicyclic) bond motifs is 1. The van der Waals surface area contributed by atoms with E-state index in [4.69, 9.17) is 4.74 Å². The summed E-state index contributed by atoms with van der Waals surface area (Å²) >= 11 is 0. The molecule has 0 amide bonds. The normalized spacial score (nSPS) is 20.8. The molecule has 2 heterocycles. The van der Waals surface area contributed by atoms with Crippen LogP contribution in [0.4, 0.5) is 13.2 Å². The molecule has 0 aromatic carbocycles. The van der Waals surface area contributed by atoms with Crippen LogP contribution in [0.2, 0.25) is 0 Å². The molecule has 0 saturated carbocycles. The lowest BCUT2D eigenvalue weighted by Gasteiger charge is -2.19. The average molecular weight is 234 g/mol. The highest BCUT2D eigenvalue weighted by molar-refractivity contribution is 5.28. The lowest BCUT2D eigenvalue weighted by molar-refractivity contribution is -0.192. The number of pyridine rings is 1. The van der Waals surface area contributed by atoms with E-state index < -0.39 is 12.3 Å². The quantitative estimate of drug-likeness (QED) is 0.697. The van der Waals surface area contributed by atoms with Crippen LogP contribution in [0.5, 0.6) is 5.75 Å². The van der Waals surface area contributed by atoms with Gasteiger partial charge in [0.15, 0.2) is 0 Å². The number of hydrogen-bond acceptors (Lipinski definition) is 3. The average Bonchev–Trinajstić information content (AvgIpc) is 2.38. The number of aromatic amines is 1. The number of hydrogen-bond donors (Lipinski definition) is 2. The summed E-state index contributed by atoms with van der Waals surface area (Å²) in [4.78, 5) is 13.4. The topological polar surface area (TPSA) is 54.1 Å². The first-order valence-electron chi connectivity index (χ1n) is 4.63. The zero-order valence-electron chi connectivity index (χ0n) is 8.10. The Kier molecular flexibility index (Phi) is 2.63. The minimum absolute atomic E-state index is 0.0620. The van der Waals surface area contributed by atoms with Gasteiger partial charge in [-0.1, -0.05) is 0 Å². The highest BCUT2D eigenvalue weighted by Crippen LogP contribution is 2.27. The molecular formula is C9H9F3N2O2. The largest absolute Gasteiger partial charge is 0.478 e. The van der Waals surface area contributed by atoms with Crippen LogP contribution >= 0.6 is 0 Å². The van der Waals surface area contributed by atoms with Crippen molar-refractivity contribution in [1.29, 1.82) is 0 Å². The molecule has 16 heavy (non-hydrogen) atoms. The summed E-state index contributed by atoms with van der Waals surface area (Å²) in [5.74, 6) is 0.0620. The minimum atomic E-state index is -4.43. The molecule has 1 aliphatic rings. The summed E-state index contributed by atoms with van der Waals surface area (Å²) in [6.07, 6.45) is -6.32. The third kappa shape index (κ3) is 2.19. The summed E-state index contributed by atoms with van der Waals surface area (Å²) in [5, 5.41) is 2.57. The van der Waals surface area contributed by atoms with Crippen molar-refractivity contribution >= 4 is 0 Å². The SMILES string of the molecule is O=c1ccc2c([nH]1)CNCC(C(F)(F)F)O2. The van der Waals surface area contributed by atoms with Gasteiger partial charge < -0.3 is 15.0 Å². The molecule has 1 atom stereocenters. The first kappa shape index (κ1) is 11.0. The summed E-state index contributed by atoms with van der Waals surface area (Å²) in [6, 6.07) is 2.39. The van der Waals surface area contributed by atoms with Gasteiger partial charge in [0.05, 0.1) is 5.69 Å². The van der Waals surface area contributed by atoms with Crippen LogP contribution in [0.3, 0.4) is 0 Å². The monoisotopic (exact) mass is 234 g/mol. The molecule has 0 saturated heterocycles. The fourth-order valence-corrected chi connectivity index (χ4v) is 1.45. The van der Waals surface area contributed by atoms with Gasteiger partial charge in [0.2, 0.25) is 11.7 Å². The lowest BCUT2D eigenvalue weighted by Crippen LogP contribution is -2.41. The second-order valence-corrected chi connectivity index (χ2v) is 3.44. The predicted octanol–water partition coefficient (Wildman–Crippen LogP) is 0.788. The molecule has 2 rings (SSSR count). The van der Waals surface area contributed by atoms with Crippen molar-refractivity contribution in [1.82, 2.24) is 10.3 Å². The van der Waals surface area contributed by atoms with Crippen LogP contribution in [0.25, 0.3) is 0 Å². The van der Waals surface area contributed by atoms with Gasteiger partial charge in [-0.25, -0.2) is 0 Å². The zero-order valence-corrected chi connectivity index (χ0v) is 8.10. The maximum atomic E-state index is 12.5. The predicted molar refractivity (Wildman–Crippen MR) is 49.2 cm³/mol. The van der Waals surface area contributed by atoms with Gasteiger partial charge in [-0.3, -0.25) is 4.79 Å². The minimum Gasteiger partial charge on any atom is -0.478 e. The smallest absolute Gasteiger partial charge is 0.426 e. The molecule has 0 bridgehead atoms. The van der Waals surface area contributed by atoms with E-state index in [1.807, 2.05) is 0 Å². The van der Waals surface area contributed by atoms with Gasteiger partial charge in [-0.15, -0.1) is 0 Å². The fourth-order valence-electron chi connectivity index (χ4n) is 1.45. The molecule has 1 aliphatic heterocycles. The molecule has 0 radical (unpaired) electrons. The number of H-pyrrole nitrogens is 1. The Labute approximate surface area is 88.4 Å². The van der Waals surface area contributed by atoms with E-state index in [1.54, 1.807) is 0 Å². The highest BCUT2D eigenvalue weighted by Gasteiger charge is 2.42. The standard InChI is InChI=1S/C9H9F3N2O2/c10-9(11,12)7-4-13-3-5-6(16-7)1-2-8(15)14-5/h1-2,7,13H,3-4H2,(H,14,15). The Balaban J connectivity index is 2.31. The Morgan fingerprint density at radius 3 is 2.81 bits per heavy atom. The molecule has 4 nitrogen and oxygen atoms in total. The van der Waals surface area contributed by atoms with Gasteiger partial charge in [0, 0.05) is 19.2 Å². The van der Waals surface area contributed by atoms with Gasteiger partial charge in [0.25, 0.3) is 0 Å². The Morgan fingerprint density at radius 1 is 1.38 bits per heavy atom. The van der Waals surface area contributed by atoms with Crippen LogP contribution in [0.15, 0.2) is 16.9 Å². The number of halogens is 3. The van der Waals surface area contributed by atoms with E-state index in [2.05, 4.69) is 10.3 Å². The van der Waals surface area contributed by atoms with Crippen LogP contribution in [0, 0.1) is 0 Å². The molecule has 0 fully saturated rings. The van der Waals surface area contributed by atoms with E-state index >= 15 is 0 Å². The molecule has 7 heteroatoms. The third-order valence-electron chi connectivity index (χ3n) is 2.22. The first-order chi connectivity index (χ1) is 7.47. The van der Waals surface area contributed by atoms with Crippen molar-refractivity contribution in [3.8, 4) is 5.75 Å². The van der Waals surface area contributed by atoms with Gasteiger partial charge in [0.1, 0.15) is 5.75 Å². The number of rotatable bonds is 0. The van der Waals surface area contributed by atoms with Crippen molar-refractivity contribution in [3.05, 3.63) is 28.2 Å². The number of alkyl halides is 3. The van der Waals surface area contributed by atoms with E-state index in [1.165, 1.54) is 6.07 Å². The number of ether oxygens (including phenoxy) is 1. The van der Waals surface area contributed by atoms with Crippen molar-refractivity contribution < 1.29 is 17.9 Å². The molecule has 1 unspecified atom stereocenters. The van der Waals surface area contributed by atoms with Crippen molar-refractivity contribution in [2.24, 2.45) is 0 Å². The first-order valence-corrected chi connectivity index (χ1v) is 4.63. The van der Waals surface area contributed by atoms with Crippen molar-refractivity contribution in [2.75, 3.05) is 6.54 Å². The van der Waals surface area contributed by atoms with E-state index in [0.717, 1.165) is 6.07 Å². The van der Waals surface area contributed by atoms with Gasteiger partial charge in [-0.2, -0.15) is 13.2 Å². The van der Waals surface area contributed by atoms with Crippen LogP contribution < -0.4 is 15.6 Å². The maximum Gasteiger partial charge on any atom is 0.426 e. The van der Waals surface area contributed by atoms with Gasteiger partial charge >= 0.3 is 6.18 Å². The van der Waals surface area contributed by atoms with Crippen LogP contribution in [0.1, 0.15) is 5.69 Å².